The molecule has 3 nitrogen and oxygen atoms in total. The van der Waals surface area contributed by atoms with Crippen LogP contribution in [0.25, 0.3) is 0 Å². The molecule has 0 bridgehead atoms. The lowest BCUT2D eigenvalue weighted by atomic mass is 10.2. The molecular formula is C7H11NO2S. The van der Waals surface area contributed by atoms with E-state index in [0.717, 1.165) is 0 Å². The third-order valence-corrected chi connectivity index (χ3v) is 1.89. The molecule has 3 N–H and O–H groups in total. The van der Waals surface area contributed by atoms with E-state index in [0.29, 0.717) is 11.3 Å². The maximum atomic E-state index is 10.4. The Morgan fingerprint density at radius 1 is 1.55 bits per heavy atom. The van der Waals surface area contributed by atoms with Crippen LogP contribution in [-0.4, -0.2) is 8.76 Å². The number of benzene rings is 1. The van der Waals surface area contributed by atoms with Crippen LogP contribution in [0.2, 0.25) is 0 Å². The number of para-hydroxylation sites is 1. The molecule has 1 aromatic carbocycles. The average Bonchev–Trinajstić information content (AvgIpc) is 1.93. The zero-order valence-electron chi connectivity index (χ0n) is 5.86. The molecular weight excluding hydrogens is 162 g/mol. The molecule has 1 rings (SSSR count). The van der Waals surface area contributed by atoms with E-state index in [-0.39, 0.29) is 7.18 Å². The van der Waals surface area contributed by atoms with Crippen molar-refractivity contribution in [2.45, 2.75) is 5.75 Å². The molecule has 4 heteroatoms. The van der Waals surface area contributed by atoms with Crippen molar-refractivity contribution >= 4 is 16.8 Å². The molecule has 0 aromatic heterocycles. The third kappa shape index (κ3) is 2.32. The molecule has 0 heterocycles. The van der Waals surface area contributed by atoms with E-state index in [1.54, 1.807) is 24.3 Å². The first-order valence-corrected chi connectivity index (χ1v) is 4.38. The standard InChI is InChI=1S/C7H9NO2S.H2/c8-7-4-2-1-3-6(7)5-11(9)10;/h1-4H,5,8H2,(H,9,10);1H. The highest BCUT2D eigenvalue weighted by molar-refractivity contribution is 7.78. The molecule has 1 aromatic rings. The van der Waals surface area contributed by atoms with Gasteiger partial charge in [0.05, 0.1) is 5.75 Å². The van der Waals surface area contributed by atoms with Crippen LogP contribution in [0, 0.1) is 0 Å². The number of nitrogens with two attached hydrogens (primary N) is 1. The normalized spacial score (nSPS) is 12.8. The van der Waals surface area contributed by atoms with E-state index in [1.807, 2.05) is 0 Å². The minimum Gasteiger partial charge on any atom is -0.398 e. The van der Waals surface area contributed by atoms with E-state index in [1.165, 1.54) is 0 Å². The lowest BCUT2D eigenvalue weighted by molar-refractivity contribution is 0.563. The molecule has 0 radical (unpaired) electrons. The fourth-order valence-corrected chi connectivity index (χ4v) is 1.33. The highest BCUT2D eigenvalue weighted by atomic mass is 32.2. The monoisotopic (exact) mass is 173 g/mol. The summed E-state index contributed by atoms with van der Waals surface area (Å²) in [6, 6.07) is 7.03. The van der Waals surface area contributed by atoms with Gasteiger partial charge < -0.3 is 10.3 Å². The van der Waals surface area contributed by atoms with E-state index in [4.69, 9.17) is 10.3 Å². The Bertz CT molecular complexity index is 280. The summed E-state index contributed by atoms with van der Waals surface area (Å²) in [6.45, 7) is 0. The zero-order chi connectivity index (χ0) is 8.27. The summed E-state index contributed by atoms with van der Waals surface area (Å²) in [7, 11) is 0. The van der Waals surface area contributed by atoms with Gasteiger partial charge in [0.1, 0.15) is 0 Å². The van der Waals surface area contributed by atoms with Gasteiger partial charge in [0.2, 0.25) is 0 Å². The van der Waals surface area contributed by atoms with Crippen molar-refractivity contribution < 1.29 is 10.2 Å². The molecule has 0 saturated carbocycles. The molecule has 0 saturated heterocycles. The van der Waals surface area contributed by atoms with Gasteiger partial charge >= 0.3 is 0 Å². The molecule has 11 heavy (non-hydrogen) atoms. The first-order chi connectivity index (χ1) is 5.20. The van der Waals surface area contributed by atoms with Gasteiger partial charge in [0.15, 0.2) is 11.1 Å². The smallest absolute Gasteiger partial charge is 0.157 e. The Morgan fingerprint density at radius 2 is 2.18 bits per heavy atom. The maximum Gasteiger partial charge on any atom is 0.157 e. The molecule has 0 aliphatic rings. The highest BCUT2D eigenvalue weighted by Gasteiger charge is 1.99. The first kappa shape index (κ1) is 8.23. The Morgan fingerprint density at radius 3 is 2.73 bits per heavy atom. The number of hydrogen-bond acceptors (Lipinski definition) is 2. The summed E-state index contributed by atoms with van der Waals surface area (Å²) in [4.78, 5) is 0. The second-order valence-electron chi connectivity index (χ2n) is 2.16. The predicted octanol–water partition coefficient (Wildman–Crippen LogP) is 1.24. The Hall–Kier alpha value is -0.870. The topological polar surface area (TPSA) is 63.3 Å². The number of anilines is 1. The Labute approximate surface area is 69.0 Å². The van der Waals surface area contributed by atoms with Crippen LogP contribution in [-0.2, 0) is 16.8 Å². The summed E-state index contributed by atoms with van der Waals surface area (Å²) in [5.74, 6) is 0.104. The van der Waals surface area contributed by atoms with Gasteiger partial charge in [-0.05, 0) is 11.6 Å². The fraction of sp³-hybridized carbons (Fsp3) is 0.143. The highest BCUT2D eigenvalue weighted by Crippen LogP contribution is 2.11. The largest absolute Gasteiger partial charge is 0.398 e. The van der Waals surface area contributed by atoms with Crippen molar-refractivity contribution in [2.75, 3.05) is 5.73 Å². The van der Waals surface area contributed by atoms with Gasteiger partial charge in [-0.15, -0.1) is 0 Å². The molecule has 0 fully saturated rings. The molecule has 62 valence electrons. The molecule has 0 amide bonds. The molecule has 0 aliphatic carbocycles. The van der Waals surface area contributed by atoms with Crippen molar-refractivity contribution in [3.05, 3.63) is 29.8 Å². The predicted molar refractivity (Wildman–Crippen MR) is 47.4 cm³/mol. The van der Waals surface area contributed by atoms with Crippen LogP contribution in [0.15, 0.2) is 24.3 Å². The second-order valence-corrected chi connectivity index (χ2v) is 3.10. The van der Waals surface area contributed by atoms with Crippen LogP contribution in [0.1, 0.15) is 6.99 Å². The minimum atomic E-state index is -1.81. The summed E-state index contributed by atoms with van der Waals surface area (Å²) in [6.07, 6.45) is 0. The zero-order valence-corrected chi connectivity index (χ0v) is 6.67. The van der Waals surface area contributed by atoms with Crippen molar-refractivity contribution in [2.24, 2.45) is 0 Å². The van der Waals surface area contributed by atoms with E-state index >= 15 is 0 Å². The number of rotatable bonds is 2. The van der Waals surface area contributed by atoms with Gasteiger partial charge in [-0.2, -0.15) is 0 Å². The molecule has 1 atom stereocenters. The van der Waals surface area contributed by atoms with Crippen molar-refractivity contribution in [1.29, 1.82) is 0 Å². The molecule has 0 spiro atoms. The van der Waals surface area contributed by atoms with Gasteiger partial charge in [0, 0.05) is 7.11 Å². The van der Waals surface area contributed by atoms with Crippen molar-refractivity contribution in [3.8, 4) is 0 Å². The van der Waals surface area contributed by atoms with Crippen LogP contribution in [0.4, 0.5) is 5.69 Å². The van der Waals surface area contributed by atoms with Crippen LogP contribution >= 0.6 is 0 Å². The van der Waals surface area contributed by atoms with Crippen molar-refractivity contribution in [1.82, 2.24) is 0 Å². The number of nitrogen functional groups attached to an aromatic ring is 1. The summed E-state index contributed by atoms with van der Waals surface area (Å²) < 4.78 is 18.9. The van der Waals surface area contributed by atoms with Crippen LogP contribution < -0.4 is 5.73 Å². The Kier molecular flexibility index (Phi) is 2.62. The lowest BCUT2D eigenvalue weighted by Gasteiger charge is -2.00. The second kappa shape index (κ2) is 3.50. The fourth-order valence-electron chi connectivity index (χ4n) is 0.799. The van der Waals surface area contributed by atoms with Gasteiger partial charge in [-0.1, -0.05) is 18.2 Å². The lowest BCUT2D eigenvalue weighted by Crippen LogP contribution is -1.97. The number of hydrogen-bond donors (Lipinski definition) is 2. The average molecular weight is 173 g/mol. The molecule has 0 aliphatic heterocycles. The van der Waals surface area contributed by atoms with E-state index < -0.39 is 11.1 Å². The summed E-state index contributed by atoms with van der Waals surface area (Å²) >= 11 is -1.81. The van der Waals surface area contributed by atoms with Gasteiger partial charge in [-0.3, -0.25) is 0 Å². The molecule has 1 unspecified atom stereocenters. The summed E-state index contributed by atoms with van der Waals surface area (Å²) in [5.41, 5.74) is 6.80. The Balaban J connectivity index is 0.00000121. The van der Waals surface area contributed by atoms with Gasteiger partial charge in [0.25, 0.3) is 0 Å². The third-order valence-electron chi connectivity index (χ3n) is 1.33. The van der Waals surface area contributed by atoms with Crippen LogP contribution in [0.5, 0.6) is 0 Å². The summed E-state index contributed by atoms with van der Waals surface area (Å²) in [5, 5.41) is 0. The van der Waals surface area contributed by atoms with E-state index in [9.17, 15) is 4.21 Å². The van der Waals surface area contributed by atoms with Gasteiger partial charge in [-0.25, -0.2) is 4.21 Å². The SMILES string of the molecule is Nc1ccccc1CS(=O)O.[HH]. The van der Waals surface area contributed by atoms with Crippen LogP contribution in [0.3, 0.4) is 0 Å². The quantitative estimate of drug-likeness (QED) is 0.522. The first-order valence-electron chi connectivity index (χ1n) is 3.11. The van der Waals surface area contributed by atoms with Crippen molar-refractivity contribution in [3.63, 3.8) is 0 Å². The maximum absolute atomic E-state index is 10.4. The van der Waals surface area contributed by atoms with E-state index in [2.05, 4.69) is 0 Å². The minimum absolute atomic E-state index is 0.